The number of aromatic nitrogens is 3. The van der Waals surface area contributed by atoms with Crippen LogP contribution in [0.15, 0.2) is 21.3 Å². The van der Waals surface area contributed by atoms with Gasteiger partial charge in [0.2, 0.25) is 0 Å². The molecular formula is C7H5N3O3S2. The molecular weight excluding hydrogens is 238 g/mol. The van der Waals surface area contributed by atoms with Crippen LogP contribution < -0.4 is 0 Å². The molecule has 2 aromatic rings. The molecule has 8 heteroatoms. The van der Waals surface area contributed by atoms with E-state index in [9.17, 15) is 4.79 Å². The lowest BCUT2D eigenvalue weighted by atomic mass is 10.4. The van der Waals surface area contributed by atoms with Crippen molar-refractivity contribution in [3.63, 3.8) is 0 Å². The Morgan fingerprint density at radius 1 is 1.67 bits per heavy atom. The number of carboxylic acid groups (broad SMARTS) is 1. The summed E-state index contributed by atoms with van der Waals surface area (Å²) in [5.74, 6) is -0.0892. The Balaban J connectivity index is 1.96. The second-order valence-electron chi connectivity index (χ2n) is 2.48. The largest absolute Gasteiger partial charge is 0.476 e. The van der Waals surface area contributed by atoms with E-state index >= 15 is 0 Å². The predicted octanol–water partition coefficient (Wildman–Crippen LogP) is 1.52. The Hall–Kier alpha value is -1.41. The van der Waals surface area contributed by atoms with E-state index in [0.29, 0.717) is 11.5 Å². The van der Waals surface area contributed by atoms with Crippen molar-refractivity contribution in [2.75, 3.05) is 0 Å². The van der Waals surface area contributed by atoms with Crippen LogP contribution in [0.25, 0.3) is 0 Å². The fourth-order valence-electron chi connectivity index (χ4n) is 0.841. The van der Waals surface area contributed by atoms with Crippen molar-refractivity contribution in [3.8, 4) is 0 Å². The van der Waals surface area contributed by atoms with Crippen LogP contribution in [-0.2, 0) is 5.75 Å². The minimum absolute atomic E-state index is 0.0807. The molecule has 2 heterocycles. The molecule has 0 radical (unpaired) electrons. The second kappa shape index (κ2) is 4.41. The summed E-state index contributed by atoms with van der Waals surface area (Å²) in [6.45, 7) is 0. The Labute approximate surface area is 92.5 Å². The summed E-state index contributed by atoms with van der Waals surface area (Å²) in [7, 11) is 0. The third-order valence-electron chi connectivity index (χ3n) is 1.46. The minimum atomic E-state index is -1.09. The van der Waals surface area contributed by atoms with E-state index in [1.165, 1.54) is 35.7 Å². The normalized spacial score (nSPS) is 10.4. The van der Waals surface area contributed by atoms with Crippen molar-refractivity contribution < 1.29 is 14.4 Å². The van der Waals surface area contributed by atoms with Gasteiger partial charge in [0.15, 0.2) is 10.0 Å². The van der Waals surface area contributed by atoms with Crippen LogP contribution in [0.5, 0.6) is 0 Å². The highest BCUT2D eigenvalue weighted by atomic mass is 32.2. The first kappa shape index (κ1) is 10.1. The third kappa shape index (κ3) is 2.54. The zero-order chi connectivity index (χ0) is 10.7. The van der Waals surface area contributed by atoms with Gasteiger partial charge in [-0.15, -0.1) is 0 Å². The fourth-order valence-corrected chi connectivity index (χ4v) is 2.16. The molecule has 0 saturated carbocycles. The third-order valence-corrected chi connectivity index (χ3v) is 3.28. The zero-order valence-corrected chi connectivity index (χ0v) is 8.92. The Bertz CT molecular complexity index is 454. The van der Waals surface area contributed by atoms with Crippen molar-refractivity contribution in [2.24, 2.45) is 0 Å². The zero-order valence-electron chi connectivity index (χ0n) is 7.28. The highest BCUT2D eigenvalue weighted by Gasteiger charge is 2.11. The van der Waals surface area contributed by atoms with E-state index in [4.69, 9.17) is 9.63 Å². The van der Waals surface area contributed by atoms with Gasteiger partial charge in [0.1, 0.15) is 12.1 Å². The number of carboxylic acids is 1. The Morgan fingerprint density at radius 3 is 3.13 bits per heavy atom. The molecule has 0 unspecified atom stereocenters. The molecule has 0 aliphatic heterocycles. The maximum atomic E-state index is 10.5. The molecule has 15 heavy (non-hydrogen) atoms. The average molecular weight is 243 g/mol. The number of thioether (sulfide) groups is 1. The van der Waals surface area contributed by atoms with Gasteiger partial charge in [-0.25, -0.2) is 9.78 Å². The van der Waals surface area contributed by atoms with Gasteiger partial charge in [-0.05, 0) is 11.5 Å². The highest BCUT2D eigenvalue weighted by molar-refractivity contribution is 8.00. The lowest BCUT2D eigenvalue weighted by molar-refractivity contribution is 0.0685. The molecule has 0 spiro atoms. The van der Waals surface area contributed by atoms with Gasteiger partial charge in [-0.1, -0.05) is 16.9 Å². The molecule has 0 atom stereocenters. The van der Waals surface area contributed by atoms with Crippen LogP contribution in [0, 0.1) is 0 Å². The maximum absolute atomic E-state index is 10.5. The highest BCUT2D eigenvalue weighted by Crippen LogP contribution is 2.23. The van der Waals surface area contributed by atoms with E-state index < -0.39 is 5.97 Å². The molecule has 0 saturated heterocycles. The molecule has 0 aromatic carbocycles. The molecule has 2 aromatic heterocycles. The van der Waals surface area contributed by atoms with Gasteiger partial charge in [-0.2, -0.15) is 4.37 Å². The van der Waals surface area contributed by atoms with Crippen LogP contribution in [-0.4, -0.2) is 25.6 Å². The van der Waals surface area contributed by atoms with Gasteiger partial charge >= 0.3 is 5.97 Å². The molecule has 0 aliphatic carbocycles. The molecule has 1 N–H and O–H groups in total. The van der Waals surface area contributed by atoms with E-state index in [0.717, 1.165) is 4.34 Å². The number of nitrogens with zero attached hydrogens (tertiary/aromatic N) is 3. The molecule has 0 amide bonds. The summed E-state index contributed by atoms with van der Waals surface area (Å²) < 4.78 is 9.47. The van der Waals surface area contributed by atoms with Crippen LogP contribution in [0.1, 0.15) is 16.2 Å². The quantitative estimate of drug-likeness (QED) is 0.814. The fraction of sp³-hybridized carbons (Fsp3) is 0.143. The minimum Gasteiger partial charge on any atom is -0.476 e. The molecule has 0 aliphatic rings. The molecule has 6 nitrogen and oxygen atoms in total. The second-order valence-corrected chi connectivity index (χ2v) is 4.48. The van der Waals surface area contributed by atoms with E-state index in [1.54, 1.807) is 0 Å². The summed E-state index contributed by atoms with van der Waals surface area (Å²) in [5, 5.41) is 12.0. The number of carbonyl (C=O) groups is 1. The van der Waals surface area contributed by atoms with Crippen LogP contribution >= 0.6 is 23.3 Å². The van der Waals surface area contributed by atoms with Crippen molar-refractivity contribution >= 4 is 29.3 Å². The topological polar surface area (TPSA) is 89.1 Å². The van der Waals surface area contributed by atoms with E-state index in [2.05, 4.69) is 14.5 Å². The maximum Gasteiger partial charge on any atom is 0.358 e. The van der Waals surface area contributed by atoms with Crippen LogP contribution in [0.4, 0.5) is 0 Å². The molecule has 78 valence electrons. The lowest BCUT2D eigenvalue weighted by Gasteiger charge is -1.89. The van der Waals surface area contributed by atoms with Crippen molar-refractivity contribution in [3.05, 3.63) is 23.8 Å². The molecule has 2 rings (SSSR count). The summed E-state index contributed by atoms with van der Waals surface area (Å²) in [6, 6.07) is 1.40. The van der Waals surface area contributed by atoms with Gasteiger partial charge in [0.25, 0.3) is 0 Å². The van der Waals surface area contributed by atoms with Gasteiger partial charge in [0, 0.05) is 6.07 Å². The summed E-state index contributed by atoms with van der Waals surface area (Å²) >= 11 is 2.70. The Morgan fingerprint density at radius 2 is 2.53 bits per heavy atom. The monoisotopic (exact) mass is 243 g/mol. The number of hydrogen-bond donors (Lipinski definition) is 1. The molecule has 0 fully saturated rings. The van der Waals surface area contributed by atoms with Crippen molar-refractivity contribution in [1.29, 1.82) is 0 Å². The van der Waals surface area contributed by atoms with Gasteiger partial charge in [-0.3, -0.25) is 0 Å². The smallest absolute Gasteiger partial charge is 0.358 e. The lowest BCUT2D eigenvalue weighted by Crippen LogP contribution is -1.94. The number of hydrogen-bond acceptors (Lipinski definition) is 7. The summed E-state index contributed by atoms with van der Waals surface area (Å²) in [5.41, 5.74) is -0.0807. The van der Waals surface area contributed by atoms with Crippen molar-refractivity contribution in [2.45, 2.75) is 10.1 Å². The Kier molecular flexibility index (Phi) is 2.97. The summed E-state index contributed by atoms with van der Waals surface area (Å²) in [6.07, 6.45) is 1.47. The van der Waals surface area contributed by atoms with E-state index in [1.807, 2.05) is 0 Å². The predicted molar refractivity (Wildman–Crippen MR) is 52.9 cm³/mol. The van der Waals surface area contributed by atoms with Gasteiger partial charge in [0.05, 0.1) is 5.75 Å². The number of aromatic carboxylic acids is 1. The average Bonchev–Trinajstić information content (AvgIpc) is 2.86. The SMILES string of the molecule is O=C(O)c1cc(CSc2ncns2)on1. The first-order valence-corrected chi connectivity index (χ1v) is 5.60. The first-order chi connectivity index (χ1) is 7.25. The first-order valence-electron chi connectivity index (χ1n) is 3.84. The molecule has 0 bridgehead atoms. The number of rotatable bonds is 4. The summed E-state index contributed by atoms with van der Waals surface area (Å²) in [4.78, 5) is 14.5. The van der Waals surface area contributed by atoms with E-state index in [-0.39, 0.29) is 5.69 Å². The van der Waals surface area contributed by atoms with Gasteiger partial charge < -0.3 is 9.63 Å². The van der Waals surface area contributed by atoms with Crippen molar-refractivity contribution in [1.82, 2.24) is 14.5 Å². The van der Waals surface area contributed by atoms with Crippen LogP contribution in [0.3, 0.4) is 0 Å². The van der Waals surface area contributed by atoms with Crippen LogP contribution in [0.2, 0.25) is 0 Å². The standard InChI is InChI=1S/C7H5N3O3S2/c11-6(12)5-1-4(13-10-5)2-14-7-8-3-9-15-7/h1,3H,2H2,(H,11,12).